The van der Waals surface area contributed by atoms with E-state index in [2.05, 4.69) is 6.92 Å². The van der Waals surface area contributed by atoms with Crippen LogP contribution in [-0.4, -0.2) is 65.6 Å². The lowest BCUT2D eigenvalue weighted by Gasteiger charge is -2.17. The molecule has 0 saturated heterocycles. The second-order valence-electron chi connectivity index (χ2n) is 6.67. The molecule has 0 radical (unpaired) electrons. The SMILES string of the molecule is CCCCCCCCCCCCCC(=O)[O-].OCCN(CCO)CCO.[NH4+]. The summed E-state index contributed by atoms with van der Waals surface area (Å²) >= 11 is 0. The smallest absolute Gasteiger partial charge is 0.0558 e. The molecule has 0 bridgehead atoms. The van der Waals surface area contributed by atoms with Crippen molar-refractivity contribution in [1.82, 2.24) is 11.1 Å². The number of carboxylic acids is 1. The summed E-state index contributed by atoms with van der Waals surface area (Å²) in [7, 11) is 0. The fourth-order valence-corrected chi connectivity index (χ4v) is 2.69. The zero-order chi connectivity index (χ0) is 19.9. The molecule has 0 aromatic carbocycles. The summed E-state index contributed by atoms with van der Waals surface area (Å²) in [5, 5.41) is 35.6. The van der Waals surface area contributed by atoms with Crippen molar-refractivity contribution < 1.29 is 25.2 Å². The first-order chi connectivity index (χ1) is 12.6. The number of quaternary nitrogens is 1. The molecule has 166 valence electrons. The number of aliphatic hydroxyl groups is 3. The zero-order valence-electron chi connectivity index (χ0n) is 17.8. The maximum absolute atomic E-state index is 10.1. The van der Waals surface area contributed by atoms with E-state index in [4.69, 9.17) is 15.3 Å². The van der Waals surface area contributed by atoms with Gasteiger partial charge in [0.1, 0.15) is 0 Å². The van der Waals surface area contributed by atoms with Crippen LogP contribution in [-0.2, 0) is 4.79 Å². The molecule has 0 aromatic heterocycles. The number of nitrogens with zero attached hydrogens (tertiary/aromatic N) is 1. The monoisotopic (exact) mass is 394 g/mol. The van der Waals surface area contributed by atoms with Gasteiger partial charge in [-0.25, -0.2) is 0 Å². The van der Waals surface area contributed by atoms with E-state index in [-0.39, 0.29) is 32.4 Å². The molecular weight excluding hydrogens is 348 g/mol. The zero-order valence-corrected chi connectivity index (χ0v) is 17.8. The maximum Gasteiger partial charge on any atom is 0.0558 e. The normalized spacial score (nSPS) is 10.3. The van der Waals surface area contributed by atoms with Gasteiger partial charge in [0.2, 0.25) is 0 Å². The van der Waals surface area contributed by atoms with Gasteiger partial charge in [0.15, 0.2) is 0 Å². The molecule has 0 rings (SSSR count). The van der Waals surface area contributed by atoms with Crippen molar-refractivity contribution in [2.45, 2.75) is 84.0 Å². The second-order valence-corrected chi connectivity index (χ2v) is 6.67. The fourth-order valence-electron chi connectivity index (χ4n) is 2.69. The quantitative estimate of drug-likeness (QED) is 0.262. The minimum Gasteiger partial charge on any atom is -0.550 e. The van der Waals surface area contributed by atoms with Crippen LogP contribution in [0.1, 0.15) is 84.0 Å². The highest BCUT2D eigenvalue weighted by atomic mass is 16.4. The average molecular weight is 395 g/mol. The third-order valence-electron chi connectivity index (χ3n) is 4.23. The summed E-state index contributed by atoms with van der Waals surface area (Å²) in [6, 6.07) is 0. The number of carbonyl (C=O) groups is 1. The van der Waals surface area contributed by atoms with Crippen LogP contribution in [0.5, 0.6) is 0 Å². The maximum atomic E-state index is 10.1. The Morgan fingerprint density at radius 2 is 1.04 bits per heavy atom. The third kappa shape index (κ3) is 30.2. The van der Waals surface area contributed by atoms with Crippen LogP contribution in [0.3, 0.4) is 0 Å². The van der Waals surface area contributed by atoms with Crippen LogP contribution in [0, 0.1) is 0 Å². The lowest BCUT2D eigenvalue weighted by molar-refractivity contribution is -0.305. The van der Waals surface area contributed by atoms with E-state index in [1.807, 2.05) is 0 Å². The minimum absolute atomic E-state index is 0. The van der Waals surface area contributed by atoms with Gasteiger partial charge in [-0.3, -0.25) is 4.90 Å². The Hall–Kier alpha value is -0.730. The van der Waals surface area contributed by atoms with Crippen molar-refractivity contribution in [2.75, 3.05) is 39.5 Å². The van der Waals surface area contributed by atoms with Gasteiger partial charge in [-0.15, -0.1) is 0 Å². The molecule has 0 amide bonds. The van der Waals surface area contributed by atoms with E-state index >= 15 is 0 Å². The molecule has 0 spiro atoms. The van der Waals surface area contributed by atoms with Gasteiger partial charge in [-0.05, 0) is 12.8 Å². The minimum atomic E-state index is -0.907. The Labute approximate surface area is 166 Å². The van der Waals surface area contributed by atoms with Crippen molar-refractivity contribution in [3.05, 3.63) is 0 Å². The fraction of sp³-hybridized carbons (Fsp3) is 0.950. The van der Waals surface area contributed by atoms with Crippen LogP contribution in [0.15, 0.2) is 0 Å². The highest BCUT2D eigenvalue weighted by molar-refractivity contribution is 5.63. The van der Waals surface area contributed by atoms with Gasteiger partial charge in [0.05, 0.1) is 19.8 Å². The molecule has 7 N–H and O–H groups in total. The van der Waals surface area contributed by atoms with Crippen molar-refractivity contribution in [3.63, 3.8) is 0 Å². The number of hydrogen-bond donors (Lipinski definition) is 4. The van der Waals surface area contributed by atoms with Crippen LogP contribution in [0.2, 0.25) is 0 Å². The predicted molar refractivity (Wildman–Crippen MR) is 110 cm³/mol. The molecule has 0 unspecified atom stereocenters. The molecule has 27 heavy (non-hydrogen) atoms. The highest BCUT2D eigenvalue weighted by Crippen LogP contribution is 2.11. The number of aliphatic carboxylic acids is 1. The first kappa shape index (κ1) is 31.0. The van der Waals surface area contributed by atoms with E-state index in [9.17, 15) is 9.90 Å². The van der Waals surface area contributed by atoms with Gasteiger partial charge >= 0.3 is 0 Å². The largest absolute Gasteiger partial charge is 0.550 e. The summed E-state index contributed by atoms with van der Waals surface area (Å²) in [6.07, 6.45) is 14.0. The molecule has 0 atom stereocenters. The van der Waals surface area contributed by atoms with E-state index in [1.54, 1.807) is 4.90 Å². The Bertz CT molecular complexity index is 267. The second kappa shape index (κ2) is 27.5. The van der Waals surface area contributed by atoms with E-state index in [1.165, 1.54) is 57.8 Å². The van der Waals surface area contributed by atoms with E-state index in [0.717, 1.165) is 12.8 Å². The van der Waals surface area contributed by atoms with Crippen molar-refractivity contribution in [2.24, 2.45) is 0 Å². The number of rotatable bonds is 18. The van der Waals surface area contributed by atoms with Gasteiger partial charge in [-0.1, -0.05) is 71.1 Å². The van der Waals surface area contributed by atoms with Crippen molar-refractivity contribution in [3.8, 4) is 0 Å². The Balaban J connectivity index is -0.000000454. The average Bonchev–Trinajstić information content (AvgIpc) is 2.61. The van der Waals surface area contributed by atoms with Crippen LogP contribution in [0.4, 0.5) is 0 Å². The summed E-state index contributed by atoms with van der Waals surface area (Å²) in [4.78, 5) is 11.9. The molecule has 0 aliphatic rings. The summed E-state index contributed by atoms with van der Waals surface area (Å²) in [6.45, 7) is 4.00. The van der Waals surface area contributed by atoms with E-state index in [0.29, 0.717) is 19.6 Å². The Morgan fingerprint density at radius 3 is 1.33 bits per heavy atom. The van der Waals surface area contributed by atoms with Gasteiger partial charge in [-0.2, -0.15) is 0 Å². The number of unbranched alkanes of at least 4 members (excludes halogenated alkanes) is 10. The number of carbonyl (C=O) groups excluding carboxylic acids is 1. The molecule has 0 aliphatic carbocycles. The van der Waals surface area contributed by atoms with Crippen LogP contribution < -0.4 is 11.3 Å². The Kier molecular flexibility index (Phi) is 31.5. The molecule has 0 aliphatic heterocycles. The van der Waals surface area contributed by atoms with E-state index < -0.39 is 5.97 Å². The van der Waals surface area contributed by atoms with Crippen LogP contribution >= 0.6 is 0 Å². The Morgan fingerprint density at radius 1 is 0.704 bits per heavy atom. The van der Waals surface area contributed by atoms with Gasteiger partial charge in [0.25, 0.3) is 0 Å². The van der Waals surface area contributed by atoms with Crippen molar-refractivity contribution >= 4 is 5.97 Å². The molecule has 0 fully saturated rings. The van der Waals surface area contributed by atoms with Crippen molar-refractivity contribution in [1.29, 1.82) is 0 Å². The predicted octanol–water partition coefficient (Wildman–Crippen LogP) is 2.08. The lowest BCUT2D eigenvalue weighted by Crippen LogP contribution is -2.32. The topological polar surface area (TPSA) is 141 Å². The molecule has 7 nitrogen and oxygen atoms in total. The highest BCUT2D eigenvalue weighted by Gasteiger charge is 2.00. The number of hydrogen-bond acceptors (Lipinski definition) is 6. The van der Waals surface area contributed by atoms with Crippen LogP contribution in [0.25, 0.3) is 0 Å². The third-order valence-corrected chi connectivity index (χ3v) is 4.23. The van der Waals surface area contributed by atoms with Gasteiger partial charge in [0, 0.05) is 25.6 Å². The molecule has 0 saturated carbocycles. The number of aliphatic hydroxyl groups excluding tert-OH is 3. The first-order valence-electron chi connectivity index (χ1n) is 10.4. The standard InChI is InChI=1S/C14H28O2.C6H15NO3.H3N/c1-2-3-4-5-6-7-8-9-10-11-12-13-14(15)16;8-4-1-7(2-5-9)3-6-10;/h2-13H2,1H3,(H,15,16);8-10H,1-6H2;1H3. The van der Waals surface area contributed by atoms with Gasteiger partial charge < -0.3 is 31.4 Å². The molecule has 7 heteroatoms. The summed E-state index contributed by atoms with van der Waals surface area (Å²) in [5.74, 6) is -0.907. The summed E-state index contributed by atoms with van der Waals surface area (Å²) < 4.78 is 0. The number of carboxylic acid groups (broad SMARTS) is 1. The molecule has 0 aromatic rings. The molecule has 0 heterocycles. The molecular formula is C20H46N2O5. The lowest BCUT2D eigenvalue weighted by atomic mass is 10.1. The summed E-state index contributed by atoms with van der Waals surface area (Å²) in [5.41, 5.74) is 0. The first-order valence-corrected chi connectivity index (χ1v) is 10.4.